The number of hydrogen-bond acceptors (Lipinski definition) is 6. The van der Waals surface area contributed by atoms with Crippen molar-refractivity contribution in [2.45, 2.75) is 13.0 Å². The molecular formula is C29H30N4O2. The van der Waals surface area contributed by atoms with Gasteiger partial charge in [-0.1, -0.05) is 54.6 Å². The van der Waals surface area contributed by atoms with Crippen LogP contribution in [0.2, 0.25) is 0 Å². The van der Waals surface area contributed by atoms with Gasteiger partial charge in [0.25, 0.3) is 0 Å². The summed E-state index contributed by atoms with van der Waals surface area (Å²) in [5.74, 6) is 1.41. The van der Waals surface area contributed by atoms with Crippen molar-refractivity contribution >= 4 is 11.6 Å². The second kappa shape index (κ2) is 10.1. The number of pyridine rings is 2. The van der Waals surface area contributed by atoms with E-state index in [0.717, 1.165) is 42.3 Å². The Balaban J connectivity index is 0.00000304. The van der Waals surface area contributed by atoms with Crippen LogP contribution in [0, 0.1) is 6.92 Å². The molecular weight excluding hydrogens is 436 g/mol. The van der Waals surface area contributed by atoms with E-state index >= 15 is 0 Å². The highest BCUT2D eigenvalue weighted by Gasteiger charge is 2.23. The monoisotopic (exact) mass is 466 g/mol. The molecule has 0 amide bonds. The van der Waals surface area contributed by atoms with E-state index < -0.39 is 0 Å². The van der Waals surface area contributed by atoms with E-state index in [1.54, 1.807) is 19.4 Å². The van der Waals surface area contributed by atoms with Gasteiger partial charge in [-0.2, -0.15) is 0 Å². The number of nitrogens with one attached hydrogen (secondary N) is 1. The number of carbonyl (C=O) groups is 1. The van der Waals surface area contributed by atoms with Crippen molar-refractivity contribution in [2.24, 2.45) is 0 Å². The van der Waals surface area contributed by atoms with Gasteiger partial charge < -0.3 is 15.0 Å². The number of aryl methyl sites for hydroxylation is 1. The summed E-state index contributed by atoms with van der Waals surface area (Å²) in [6, 6.07) is 25.9. The Morgan fingerprint density at radius 2 is 1.86 bits per heavy atom. The van der Waals surface area contributed by atoms with Gasteiger partial charge in [0.2, 0.25) is 5.78 Å². The zero-order chi connectivity index (χ0) is 24.2. The molecule has 1 atom stereocenters. The van der Waals surface area contributed by atoms with E-state index in [0.29, 0.717) is 17.0 Å². The summed E-state index contributed by atoms with van der Waals surface area (Å²) < 4.78 is 5.50. The Kier molecular flexibility index (Phi) is 6.55. The summed E-state index contributed by atoms with van der Waals surface area (Å²) in [5, 5.41) is 3.58. The molecule has 0 aliphatic carbocycles. The molecule has 1 fully saturated rings. The summed E-state index contributed by atoms with van der Waals surface area (Å²) in [5.41, 5.74) is 4.61. The van der Waals surface area contributed by atoms with E-state index in [1.165, 1.54) is 5.56 Å². The lowest BCUT2D eigenvalue weighted by molar-refractivity contribution is 0.103. The van der Waals surface area contributed by atoms with E-state index in [-0.39, 0.29) is 13.3 Å². The molecule has 1 N–H and O–H groups in total. The summed E-state index contributed by atoms with van der Waals surface area (Å²) in [4.78, 5) is 25.1. The highest BCUT2D eigenvalue weighted by molar-refractivity contribution is 6.09. The van der Waals surface area contributed by atoms with Crippen molar-refractivity contribution in [3.05, 3.63) is 108 Å². The molecule has 2 aromatic carbocycles. The van der Waals surface area contributed by atoms with Gasteiger partial charge in [0, 0.05) is 55.7 Å². The number of aromatic nitrogens is 2. The molecule has 2 aromatic heterocycles. The van der Waals surface area contributed by atoms with Gasteiger partial charge in [-0.15, -0.1) is 0 Å². The summed E-state index contributed by atoms with van der Waals surface area (Å²) in [6.07, 6.45) is 1.78. The molecule has 4 aromatic rings. The predicted octanol–water partition coefficient (Wildman–Crippen LogP) is 5.09. The molecule has 1 saturated heterocycles. The third-order valence-corrected chi connectivity index (χ3v) is 6.42. The van der Waals surface area contributed by atoms with Crippen LogP contribution < -0.4 is 15.0 Å². The third kappa shape index (κ3) is 4.79. The van der Waals surface area contributed by atoms with Crippen molar-refractivity contribution < 1.29 is 11.0 Å². The molecule has 0 spiro atoms. The molecule has 5 rings (SSSR count). The van der Waals surface area contributed by atoms with Crippen LogP contribution in [-0.4, -0.2) is 42.5 Å². The van der Waals surface area contributed by atoms with Gasteiger partial charge in [-0.05, 0) is 36.8 Å². The Labute approximate surface area is 207 Å². The van der Waals surface area contributed by atoms with Crippen LogP contribution in [0.25, 0.3) is 11.1 Å². The fourth-order valence-corrected chi connectivity index (χ4v) is 4.52. The number of ether oxygens (including phenoxy) is 1. The maximum atomic E-state index is 13.6. The molecule has 0 saturated carbocycles. The van der Waals surface area contributed by atoms with Crippen LogP contribution in [0.1, 0.15) is 34.8 Å². The van der Waals surface area contributed by atoms with Gasteiger partial charge >= 0.3 is 0 Å². The summed E-state index contributed by atoms with van der Waals surface area (Å²) >= 11 is 0. The minimum Gasteiger partial charge on any atom is -0.496 e. The van der Waals surface area contributed by atoms with Gasteiger partial charge in [0.1, 0.15) is 17.3 Å². The lowest BCUT2D eigenvalue weighted by Gasteiger charge is -2.35. The van der Waals surface area contributed by atoms with Crippen molar-refractivity contribution in [3.8, 4) is 16.9 Å². The van der Waals surface area contributed by atoms with Crippen molar-refractivity contribution in [1.82, 2.24) is 15.3 Å². The maximum absolute atomic E-state index is 13.6. The van der Waals surface area contributed by atoms with Crippen LogP contribution in [0.5, 0.6) is 5.75 Å². The zero-order valence-corrected chi connectivity index (χ0v) is 19.9. The van der Waals surface area contributed by atoms with Gasteiger partial charge in [0.05, 0.1) is 7.11 Å². The molecule has 0 radical (unpaired) electrons. The van der Waals surface area contributed by atoms with Crippen molar-refractivity contribution in [2.75, 3.05) is 31.6 Å². The molecule has 6 nitrogen and oxygen atoms in total. The molecule has 35 heavy (non-hydrogen) atoms. The Morgan fingerprint density at radius 3 is 2.69 bits per heavy atom. The lowest BCUT2D eigenvalue weighted by atomic mass is 10.00. The Hall–Kier alpha value is -4.03. The van der Waals surface area contributed by atoms with Gasteiger partial charge in [0.15, 0.2) is 0 Å². The number of nitrogens with zero attached hydrogens (tertiary/aromatic N) is 3. The molecule has 1 aliphatic heterocycles. The molecule has 3 heterocycles. The zero-order valence-electron chi connectivity index (χ0n) is 19.9. The first-order valence-electron chi connectivity index (χ1n) is 11.8. The third-order valence-electron chi connectivity index (χ3n) is 6.42. The maximum Gasteiger partial charge on any atom is 0.213 e. The largest absolute Gasteiger partial charge is 0.496 e. The van der Waals surface area contributed by atoms with E-state index in [1.807, 2.05) is 55.5 Å². The van der Waals surface area contributed by atoms with Crippen LogP contribution >= 0.6 is 0 Å². The summed E-state index contributed by atoms with van der Waals surface area (Å²) in [7, 11) is 1.64. The predicted molar refractivity (Wildman–Crippen MR) is 140 cm³/mol. The number of ketones is 1. The van der Waals surface area contributed by atoms with Crippen LogP contribution in [-0.2, 0) is 0 Å². The minimum absolute atomic E-state index is 0. The Bertz CT molecular complexity index is 1350. The number of benzene rings is 2. The SMILES string of the molecule is COc1ccccc1-c1cnc(C)c(C(=O)c2cccc(N3CCNC(c4ccccc4)C3)n2)c1.[HH]. The quantitative estimate of drug-likeness (QED) is 0.399. The lowest BCUT2D eigenvalue weighted by Crippen LogP contribution is -2.46. The fraction of sp³-hybridized carbons (Fsp3) is 0.207. The molecule has 178 valence electrons. The summed E-state index contributed by atoms with van der Waals surface area (Å²) in [6.45, 7) is 4.32. The number of methoxy groups -OCH3 is 1. The van der Waals surface area contributed by atoms with E-state index in [2.05, 4.69) is 39.5 Å². The highest BCUT2D eigenvalue weighted by atomic mass is 16.5. The van der Waals surface area contributed by atoms with Crippen molar-refractivity contribution in [1.29, 1.82) is 0 Å². The first kappa shape index (κ1) is 22.7. The van der Waals surface area contributed by atoms with Crippen molar-refractivity contribution in [3.63, 3.8) is 0 Å². The van der Waals surface area contributed by atoms with Crippen LogP contribution in [0.3, 0.4) is 0 Å². The topological polar surface area (TPSA) is 67.3 Å². The van der Waals surface area contributed by atoms with Crippen LogP contribution in [0.4, 0.5) is 5.82 Å². The number of anilines is 1. The molecule has 1 unspecified atom stereocenters. The van der Waals surface area contributed by atoms with Gasteiger partial charge in [-0.25, -0.2) is 4.98 Å². The second-order valence-corrected chi connectivity index (χ2v) is 8.63. The van der Waals surface area contributed by atoms with E-state index in [4.69, 9.17) is 9.72 Å². The minimum atomic E-state index is -0.136. The molecule has 1 aliphatic rings. The number of para-hydroxylation sites is 1. The first-order chi connectivity index (χ1) is 17.1. The standard InChI is InChI=1S/C29H28N4O2.H2/c1-20-24(17-22(18-31-20)23-11-6-7-13-27(23)35-2)29(34)25-12-8-14-28(32-25)33-16-15-30-26(19-33)21-9-4-3-5-10-21;/h3-14,17-18,26,30H,15-16,19H2,1-2H3;1H. The van der Waals surface area contributed by atoms with Gasteiger partial charge in [-0.3, -0.25) is 9.78 Å². The number of piperazine rings is 1. The molecule has 6 heteroatoms. The smallest absolute Gasteiger partial charge is 0.213 e. The fourth-order valence-electron chi connectivity index (χ4n) is 4.52. The highest BCUT2D eigenvalue weighted by Crippen LogP contribution is 2.31. The average molecular weight is 467 g/mol. The molecule has 0 bridgehead atoms. The number of carbonyl (C=O) groups excluding carboxylic acids is 1. The average Bonchev–Trinajstić information content (AvgIpc) is 2.93. The van der Waals surface area contributed by atoms with E-state index in [9.17, 15) is 4.79 Å². The second-order valence-electron chi connectivity index (χ2n) is 8.63. The van der Waals surface area contributed by atoms with Crippen LogP contribution in [0.15, 0.2) is 85.1 Å². The number of rotatable bonds is 6. The first-order valence-corrected chi connectivity index (χ1v) is 11.8. The Morgan fingerprint density at radius 1 is 1.06 bits per heavy atom. The number of hydrogen-bond donors (Lipinski definition) is 1. The normalized spacial score (nSPS) is 15.6.